The van der Waals surface area contributed by atoms with E-state index in [4.69, 9.17) is 28.5 Å². The molecule has 0 spiro atoms. The first kappa shape index (κ1) is 26.7. The first-order valence-electron chi connectivity index (χ1n) is 9.70. The molecule has 21 heteroatoms. The molecule has 2 bridgehead atoms. The van der Waals surface area contributed by atoms with Crippen molar-refractivity contribution in [2.45, 2.75) is 37.4 Å². The normalized spacial score (nSPS) is 32.0. The van der Waals surface area contributed by atoms with Crippen molar-refractivity contribution >= 4 is 34.6 Å². The van der Waals surface area contributed by atoms with Crippen LogP contribution in [0.1, 0.15) is 20.1 Å². The quantitative estimate of drug-likeness (QED) is 0.239. The smallest absolute Gasteiger partial charge is 0.476 e. The van der Waals surface area contributed by atoms with Crippen molar-refractivity contribution in [1.29, 1.82) is 0 Å². The molecule has 2 aliphatic rings. The van der Waals surface area contributed by atoms with E-state index in [9.17, 15) is 28.6 Å². The highest BCUT2D eigenvalue weighted by molar-refractivity contribution is 7.66. The van der Waals surface area contributed by atoms with Crippen LogP contribution in [0.3, 0.4) is 0 Å². The van der Waals surface area contributed by atoms with E-state index in [0.717, 1.165) is 0 Å². The number of phosphoric ester groups is 1. The molecule has 2 aromatic heterocycles. The van der Waals surface area contributed by atoms with Crippen LogP contribution in [0.2, 0.25) is 0 Å². The lowest BCUT2D eigenvalue weighted by molar-refractivity contribution is -0.210. The lowest BCUT2D eigenvalue weighted by Gasteiger charge is -2.34. The molecule has 2 aromatic rings. The van der Waals surface area contributed by atoms with E-state index in [1.165, 1.54) is 24.1 Å². The Morgan fingerprint density at radius 2 is 1.86 bits per heavy atom. The maximum absolute atomic E-state index is 12.1. The summed E-state index contributed by atoms with van der Waals surface area (Å²) >= 11 is 0. The van der Waals surface area contributed by atoms with E-state index < -0.39 is 53.6 Å². The SMILES string of the molecule is CCOc1ncnc2c1ncn2[C@@H]1O[C@@]2(COP(=O)(O)OP(=O)(O)OP(=O)(O)O)CO[C@]1(C)[C@@H]2O. The topological polar surface area (TPSA) is 251 Å². The number of aliphatic hydroxyl groups is 1. The Bertz CT molecular complexity index is 1270. The summed E-state index contributed by atoms with van der Waals surface area (Å²) in [5, 5.41) is 10.9. The van der Waals surface area contributed by atoms with E-state index in [1.807, 2.05) is 0 Å². The molecule has 4 rings (SSSR count). The second kappa shape index (κ2) is 8.89. The molecule has 4 heterocycles. The number of hydrogen-bond donors (Lipinski definition) is 5. The third-order valence-electron chi connectivity index (χ3n) is 5.25. The van der Waals surface area contributed by atoms with Gasteiger partial charge >= 0.3 is 23.5 Å². The van der Waals surface area contributed by atoms with Crippen molar-refractivity contribution in [3.05, 3.63) is 12.7 Å². The van der Waals surface area contributed by atoms with Gasteiger partial charge in [0, 0.05) is 0 Å². The number of imidazole rings is 1. The van der Waals surface area contributed by atoms with E-state index in [0.29, 0.717) is 12.1 Å². The van der Waals surface area contributed by atoms with Crippen LogP contribution in [0.15, 0.2) is 12.7 Å². The van der Waals surface area contributed by atoms with Gasteiger partial charge in [0.05, 0.1) is 26.1 Å². The predicted molar refractivity (Wildman–Crippen MR) is 110 cm³/mol. The summed E-state index contributed by atoms with van der Waals surface area (Å²) in [4.78, 5) is 48.7. The summed E-state index contributed by atoms with van der Waals surface area (Å²) < 4.78 is 65.1. The Morgan fingerprint density at radius 1 is 1.14 bits per heavy atom. The molecule has 18 nitrogen and oxygen atoms in total. The molecular formula is C14H21N4O14P3. The molecule has 35 heavy (non-hydrogen) atoms. The van der Waals surface area contributed by atoms with Gasteiger partial charge in [-0.2, -0.15) is 13.6 Å². The largest absolute Gasteiger partial charge is 0.490 e. The van der Waals surface area contributed by atoms with Gasteiger partial charge in [-0.15, -0.1) is 0 Å². The van der Waals surface area contributed by atoms with E-state index in [1.54, 1.807) is 6.92 Å². The Balaban J connectivity index is 1.55. The first-order chi connectivity index (χ1) is 16.1. The van der Waals surface area contributed by atoms with Crippen LogP contribution in [-0.4, -0.2) is 81.3 Å². The molecule has 2 aliphatic heterocycles. The molecular weight excluding hydrogens is 541 g/mol. The number of fused-ring (bicyclic) bond motifs is 3. The minimum atomic E-state index is -5.71. The second-order valence-electron chi connectivity index (χ2n) is 7.71. The minimum Gasteiger partial charge on any atom is -0.476 e. The number of ether oxygens (including phenoxy) is 3. The van der Waals surface area contributed by atoms with Crippen LogP contribution in [0, 0.1) is 0 Å². The summed E-state index contributed by atoms with van der Waals surface area (Å²) in [6.07, 6.45) is 0.0803. The molecule has 0 aromatic carbocycles. The second-order valence-corrected chi connectivity index (χ2v) is 12.1. The van der Waals surface area contributed by atoms with Crippen LogP contribution < -0.4 is 4.74 Å². The van der Waals surface area contributed by atoms with Crippen LogP contribution in [0.5, 0.6) is 5.88 Å². The molecule has 0 aliphatic carbocycles. The fraction of sp³-hybridized carbons (Fsp3) is 0.643. The maximum atomic E-state index is 12.1. The Morgan fingerprint density at radius 3 is 2.51 bits per heavy atom. The number of aromatic nitrogens is 4. The molecule has 2 fully saturated rings. The van der Waals surface area contributed by atoms with Gasteiger partial charge in [0.2, 0.25) is 5.88 Å². The summed E-state index contributed by atoms with van der Waals surface area (Å²) in [5.41, 5.74) is -2.58. The third-order valence-corrected chi connectivity index (χ3v) is 9.03. The highest BCUT2D eigenvalue weighted by atomic mass is 31.3. The summed E-state index contributed by atoms with van der Waals surface area (Å²) in [7, 11) is -16.7. The van der Waals surface area contributed by atoms with Crippen molar-refractivity contribution in [3.63, 3.8) is 0 Å². The van der Waals surface area contributed by atoms with E-state index in [2.05, 4.69) is 23.6 Å². The van der Waals surface area contributed by atoms with Gasteiger partial charge in [-0.05, 0) is 13.8 Å². The maximum Gasteiger partial charge on any atom is 0.490 e. The standard InChI is InChI=1S/C14H21N4O14P3/c1-3-27-10-8-9(15-6-16-10)18(7-17-8)12-13(2)11(19)14(30-12,4-28-13)5-29-34(23,24)32-35(25,26)31-33(20,21)22/h6-7,11-12,19H,3-5H2,1-2H3,(H,23,24)(H,25,26)(H2,20,21,22)/t11-,12+,13+,14+/m0/s1. The van der Waals surface area contributed by atoms with Crippen molar-refractivity contribution in [2.24, 2.45) is 0 Å². The van der Waals surface area contributed by atoms with Gasteiger partial charge < -0.3 is 38.9 Å². The molecule has 2 saturated heterocycles. The zero-order valence-corrected chi connectivity index (χ0v) is 20.7. The van der Waals surface area contributed by atoms with Gasteiger partial charge in [-0.3, -0.25) is 9.09 Å². The highest BCUT2D eigenvalue weighted by Gasteiger charge is 2.69. The first-order valence-corrected chi connectivity index (χ1v) is 14.2. The average Bonchev–Trinajstić information content (AvgIpc) is 3.31. The van der Waals surface area contributed by atoms with Crippen molar-refractivity contribution < 1.29 is 65.7 Å². The minimum absolute atomic E-state index is 0.216. The fourth-order valence-electron chi connectivity index (χ4n) is 3.83. The molecule has 2 unspecified atom stereocenters. The zero-order valence-electron chi connectivity index (χ0n) is 18.0. The lowest BCUT2D eigenvalue weighted by atomic mass is 9.92. The Kier molecular flexibility index (Phi) is 6.78. The monoisotopic (exact) mass is 562 g/mol. The Hall–Kier alpha value is -1.36. The van der Waals surface area contributed by atoms with Gasteiger partial charge in [0.15, 0.2) is 17.4 Å². The molecule has 0 radical (unpaired) electrons. The number of nitrogens with zero attached hydrogens (tertiary/aromatic N) is 4. The van der Waals surface area contributed by atoms with Crippen LogP contribution in [0.4, 0.5) is 0 Å². The molecule has 5 N–H and O–H groups in total. The number of rotatable bonds is 10. The highest BCUT2D eigenvalue weighted by Crippen LogP contribution is 2.67. The molecule has 196 valence electrons. The fourth-order valence-corrected chi connectivity index (χ4v) is 6.90. The summed E-state index contributed by atoms with van der Waals surface area (Å²) in [6.45, 7) is 2.38. The van der Waals surface area contributed by atoms with Gasteiger partial charge in [0.1, 0.15) is 23.6 Å². The van der Waals surface area contributed by atoms with Crippen LogP contribution in [0.25, 0.3) is 11.2 Å². The van der Waals surface area contributed by atoms with Crippen molar-refractivity contribution in [1.82, 2.24) is 19.5 Å². The van der Waals surface area contributed by atoms with Gasteiger partial charge in [-0.1, -0.05) is 0 Å². The average molecular weight is 562 g/mol. The molecule has 0 saturated carbocycles. The molecule has 6 atom stereocenters. The number of hydrogen-bond acceptors (Lipinski definition) is 13. The van der Waals surface area contributed by atoms with Crippen LogP contribution >= 0.6 is 23.5 Å². The number of aliphatic hydroxyl groups excluding tert-OH is 1. The summed E-state index contributed by atoms with van der Waals surface area (Å²) in [6, 6.07) is 0. The summed E-state index contributed by atoms with van der Waals surface area (Å²) in [5.74, 6) is 0.216. The van der Waals surface area contributed by atoms with E-state index >= 15 is 0 Å². The van der Waals surface area contributed by atoms with E-state index in [-0.39, 0.29) is 18.1 Å². The van der Waals surface area contributed by atoms with Crippen molar-refractivity contribution in [3.8, 4) is 5.88 Å². The zero-order chi connectivity index (χ0) is 25.9. The van der Waals surface area contributed by atoms with Crippen molar-refractivity contribution in [2.75, 3.05) is 19.8 Å². The third kappa shape index (κ3) is 5.08. The van der Waals surface area contributed by atoms with Gasteiger partial charge in [-0.25, -0.2) is 23.7 Å². The Labute approximate surface area is 196 Å². The lowest BCUT2D eigenvalue weighted by Crippen LogP contribution is -2.45. The number of phosphoric acid groups is 3. The molecule has 0 amide bonds. The van der Waals surface area contributed by atoms with Crippen LogP contribution in [-0.2, 0) is 36.3 Å². The predicted octanol–water partition coefficient (Wildman–Crippen LogP) is -0.0143. The van der Waals surface area contributed by atoms with Gasteiger partial charge in [0.25, 0.3) is 0 Å².